The monoisotopic (exact) mass is 323 g/mol. The quantitative estimate of drug-likeness (QED) is 0.665. The number of hydrogen-bond acceptors (Lipinski definition) is 4. The lowest BCUT2D eigenvalue weighted by atomic mass is 10.1. The molecule has 0 bridgehead atoms. The van der Waals surface area contributed by atoms with Crippen molar-refractivity contribution in [2.45, 2.75) is 13.3 Å². The van der Waals surface area contributed by atoms with Gasteiger partial charge in [-0.15, -0.1) is 0 Å². The number of nitrogens with two attached hydrogens (primary N) is 1. The molecule has 0 saturated carbocycles. The predicted octanol–water partition coefficient (Wildman–Crippen LogP) is 2.07. The Morgan fingerprint density at radius 1 is 1.08 bits per heavy atom. The maximum Gasteiger partial charge on any atom is 0.264 e. The highest BCUT2D eigenvalue weighted by Gasteiger charge is 2.37. The maximum absolute atomic E-state index is 12.3. The molecule has 6 nitrogen and oxygen atoms in total. The molecule has 0 radical (unpaired) electrons. The normalized spacial score (nSPS) is 13.1. The Labute approximate surface area is 139 Å². The van der Waals surface area contributed by atoms with Crippen LogP contribution in [0.25, 0.3) is 0 Å². The molecule has 0 saturated heterocycles. The number of fused-ring (bicyclic) bond motifs is 1. The molecular weight excluding hydrogens is 306 g/mol. The zero-order valence-electron chi connectivity index (χ0n) is 13.2. The van der Waals surface area contributed by atoms with E-state index in [-0.39, 0.29) is 23.4 Å². The molecule has 0 fully saturated rings. The summed E-state index contributed by atoms with van der Waals surface area (Å²) >= 11 is 0. The van der Waals surface area contributed by atoms with Gasteiger partial charge < -0.3 is 11.1 Å². The third kappa shape index (κ3) is 2.74. The molecule has 24 heavy (non-hydrogen) atoms. The molecule has 0 unspecified atom stereocenters. The summed E-state index contributed by atoms with van der Waals surface area (Å²) in [5, 5.41) is 2.69. The zero-order chi connectivity index (χ0) is 17.3. The minimum atomic E-state index is -0.537. The number of aryl methyl sites for hydroxylation is 1. The molecular formula is C18H17N3O3. The van der Waals surface area contributed by atoms with Crippen LogP contribution in [0.2, 0.25) is 0 Å². The van der Waals surface area contributed by atoms with Gasteiger partial charge in [0, 0.05) is 11.4 Å². The molecule has 6 heteroatoms. The fourth-order valence-corrected chi connectivity index (χ4v) is 2.67. The molecule has 0 aromatic heterocycles. The summed E-state index contributed by atoms with van der Waals surface area (Å²) < 4.78 is 0. The minimum Gasteiger partial charge on any atom is -0.398 e. The lowest BCUT2D eigenvalue weighted by Crippen LogP contribution is -2.37. The van der Waals surface area contributed by atoms with Crippen molar-refractivity contribution in [2.75, 3.05) is 17.6 Å². The average molecular weight is 323 g/mol. The van der Waals surface area contributed by atoms with Crippen molar-refractivity contribution in [2.24, 2.45) is 0 Å². The Bertz CT molecular complexity index is 828. The van der Waals surface area contributed by atoms with Crippen molar-refractivity contribution >= 4 is 29.1 Å². The zero-order valence-corrected chi connectivity index (χ0v) is 13.2. The molecule has 3 amide bonds. The number of carbonyl (C=O) groups excluding carboxylic acids is 3. The molecule has 1 aliphatic rings. The number of nitrogen functional groups attached to an aromatic ring is 1. The molecule has 3 rings (SSSR count). The smallest absolute Gasteiger partial charge is 0.264 e. The van der Waals surface area contributed by atoms with Gasteiger partial charge in [-0.25, -0.2) is 0 Å². The summed E-state index contributed by atoms with van der Waals surface area (Å²) in [7, 11) is 0. The van der Waals surface area contributed by atoms with Gasteiger partial charge in [0.1, 0.15) is 6.54 Å². The van der Waals surface area contributed by atoms with Crippen molar-refractivity contribution in [1.29, 1.82) is 0 Å². The maximum atomic E-state index is 12.3. The van der Waals surface area contributed by atoms with Crippen molar-refractivity contribution in [3.05, 3.63) is 59.2 Å². The van der Waals surface area contributed by atoms with E-state index in [0.717, 1.165) is 16.9 Å². The fourth-order valence-electron chi connectivity index (χ4n) is 2.67. The van der Waals surface area contributed by atoms with Gasteiger partial charge in [-0.3, -0.25) is 19.3 Å². The summed E-state index contributed by atoms with van der Waals surface area (Å²) in [6.45, 7) is 1.70. The Hall–Kier alpha value is -3.15. The number of carbonyl (C=O) groups is 3. The van der Waals surface area contributed by atoms with E-state index in [0.29, 0.717) is 5.69 Å². The largest absolute Gasteiger partial charge is 0.398 e. The highest BCUT2D eigenvalue weighted by Crippen LogP contribution is 2.27. The second kappa shape index (κ2) is 6.16. The average Bonchev–Trinajstić information content (AvgIpc) is 2.81. The first-order chi connectivity index (χ1) is 11.5. The molecule has 0 aliphatic carbocycles. The van der Waals surface area contributed by atoms with Crippen LogP contribution < -0.4 is 11.1 Å². The fraction of sp³-hybridized carbons (Fsp3) is 0.167. The Balaban J connectivity index is 1.72. The predicted molar refractivity (Wildman–Crippen MR) is 90.7 cm³/mol. The van der Waals surface area contributed by atoms with Gasteiger partial charge in [-0.05, 0) is 36.2 Å². The summed E-state index contributed by atoms with van der Waals surface area (Å²) in [5.74, 6) is -1.48. The molecule has 3 N–H and O–H groups in total. The molecule has 0 atom stereocenters. The lowest BCUT2D eigenvalue weighted by molar-refractivity contribution is -0.116. The Morgan fingerprint density at radius 2 is 1.79 bits per heavy atom. The minimum absolute atomic E-state index is 0.169. The van der Waals surface area contributed by atoms with Gasteiger partial charge in [-0.1, -0.05) is 25.1 Å². The third-order valence-electron chi connectivity index (χ3n) is 3.98. The number of hydrogen-bond donors (Lipinski definition) is 2. The van der Waals surface area contributed by atoms with E-state index >= 15 is 0 Å². The molecule has 0 spiro atoms. The number of benzene rings is 2. The van der Waals surface area contributed by atoms with Crippen LogP contribution in [0.5, 0.6) is 0 Å². The van der Waals surface area contributed by atoms with Gasteiger partial charge in [0.2, 0.25) is 5.91 Å². The number of imide groups is 1. The van der Waals surface area contributed by atoms with Crippen molar-refractivity contribution in [3.8, 4) is 0 Å². The van der Waals surface area contributed by atoms with Gasteiger partial charge in [0.05, 0.1) is 11.1 Å². The van der Waals surface area contributed by atoms with Crippen LogP contribution in [-0.4, -0.2) is 29.2 Å². The highest BCUT2D eigenvalue weighted by molar-refractivity contribution is 6.24. The second-order valence-electron chi connectivity index (χ2n) is 5.56. The van der Waals surface area contributed by atoms with E-state index in [4.69, 9.17) is 5.73 Å². The van der Waals surface area contributed by atoms with Gasteiger partial charge in [0.25, 0.3) is 11.8 Å². The number of nitrogens with zero attached hydrogens (tertiary/aromatic N) is 1. The number of nitrogens with one attached hydrogen (secondary N) is 1. The van der Waals surface area contributed by atoms with Crippen LogP contribution in [0.15, 0.2) is 42.5 Å². The first kappa shape index (κ1) is 15.7. The van der Waals surface area contributed by atoms with E-state index in [1.165, 1.54) is 6.07 Å². The molecule has 2 aromatic carbocycles. The van der Waals surface area contributed by atoms with Crippen molar-refractivity contribution < 1.29 is 14.4 Å². The number of amides is 3. The lowest BCUT2D eigenvalue weighted by Gasteiger charge is -2.14. The van der Waals surface area contributed by atoms with Crippen LogP contribution in [0.4, 0.5) is 11.4 Å². The SMILES string of the molecule is CCc1ccc(NC(=O)CN2C(=O)c3cccc(N)c3C2=O)cc1. The summed E-state index contributed by atoms with van der Waals surface area (Å²) in [6, 6.07) is 12.1. The molecule has 1 heterocycles. The third-order valence-corrected chi connectivity index (χ3v) is 3.98. The molecule has 2 aromatic rings. The molecule has 1 aliphatic heterocycles. The Kier molecular flexibility index (Phi) is 4.04. The first-order valence-electron chi connectivity index (χ1n) is 7.64. The summed E-state index contributed by atoms with van der Waals surface area (Å²) in [4.78, 5) is 37.7. The van der Waals surface area contributed by atoms with E-state index in [1.807, 2.05) is 19.1 Å². The van der Waals surface area contributed by atoms with Crippen LogP contribution in [0, 0.1) is 0 Å². The Morgan fingerprint density at radius 3 is 2.42 bits per heavy atom. The number of rotatable bonds is 4. The van der Waals surface area contributed by atoms with E-state index < -0.39 is 17.7 Å². The second-order valence-corrected chi connectivity index (χ2v) is 5.56. The molecule has 122 valence electrons. The van der Waals surface area contributed by atoms with Gasteiger partial charge >= 0.3 is 0 Å². The van der Waals surface area contributed by atoms with Crippen LogP contribution >= 0.6 is 0 Å². The standard InChI is InChI=1S/C18H17N3O3/c1-2-11-6-8-12(9-7-11)20-15(22)10-21-17(23)13-4-3-5-14(19)16(13)18(21)24/h3-9H,2,10,19H2,1H3,(H,20,22). The van der Waals surface area contributed by atoms with E-state index in [1.54, 1.807) is 24.3 Å². The summed E-state index contributed by atoms with van der Waals surface area (Å²) in [5.41, 5.74) is 8.19. The van der Waals surface area contributed by atoms with Crippen molar-refractivity contribution in [3.63, 3.8) is 0 Å². The summed E-state index contributed by atoms with van der Waals surface area (Å²) in [6.07, 6.45) is 0.907. The topological polar surface area (TPSA) is 92.5 Å². The van der Waals surface area contributed by atoms with E-state index in [2.05, 4.69) is 5.32 Å². The van der Waals surface area contributed by atoms with Crippen LogP contribution in [-0.2, 0) is 11.2 Å². The number of anilines is 2. The van der Waals surface area contributed by atoms with Gasteiger partial charge in [-0.2, -0.15) is 0 Å². The van der Waals surface area contributed by atoms with E-state index in [9.17, 15) is 14.4 Å². The first-order valence-corrected chi connectivity index (χ1v) is 7.64. The van der Waals surface area contributed by atoms with Crippen LogP contribution in [0.3, 0.4) is 0 Å². The highest BCUT2D eigenvalue weighted by atomic mass is 16.2. The van der Waals surface area contributed by atoms with Gasteiger partial charge in [0.15, 0.2) is 0 Å². The van der Waals surface area contributed by atoms with Crippen molar-refractivity contribution in [1.82, 2.24) is 4.90 Å². The van der Waals surface area contributed by atoms with Crippen LogP contribution in [0.1, 0.15) is 33.2 Å².